The molecule has 0 saturated carbocycles. The number of anilines is 1. The predicted molar refractivity (Wildman–Crippen MR) is 86.8 cm³/mol. The van der Waals surface area contributed by atoms with Crippen LogP contribution >= 0.6 is 15.9 Å². The Bertz CT molecular complexity index is 782. The first-order valence-corrected chi connectivity index (χ1v) is 7.61. The molecule has 0 amide bonds. The lowest BCUT2D eigenvalue weighted by molar-refractivity contribution is 0.627. The van der Waals surface area contributed by atoms with Gasteiger partial charge in [-0.3, -0.25) is 0 Å². The SMILES string of the molecule is CCn1c(CNc2ccc(F)cc2Br)nc2ccccc21. The van der Waals surface area contributed by atoms with Crippen molar-refractivity contribution in [3.05, 3.63) is 58.6 Å². The van der Waals surface area contributed by atoms with E-state index in [4.69, 9.17) is 0 Å². The van der Waals surface area contributed by atoms with E-state index in [9.17, 15) is 4.39 Å². The van der Waals surface area contributed by atoms with Crippen molar-refractivity contribution in [3.8, 4) is 0 Å². The number of aromatic nitrogens is 2. The molecule has 108 valence electrons. The minimum atomic E-state index is -0.256. The number of nitrogens with one attached hydrogen (secondary N) is 1. The van der Waals surface area contributed by atoms with Gasteiger partial charge in [-0.1, -0.05) is 12.1 Å². The minimum Gasteiger partial charge on any atom is -0.377 e. The van der Waals surface area contributed by atoms with E-state index in [1.807, 2.05) is 18.2 Å². The van der Waals surface area contributed by atoms with Crippen LogP contribution in [0.4, 0.5) is 10.1 Å². The van der Waals surface area contributed by atoms with Crippen LogP contribution in [0.3, 0.4) is 0 Å². The van der Waals surface area contributed by atoms with Gasteiger partial charge < -0.3 is 9.88 Å². The molecule has 3 rings (SSSR count). The molecule has 0 radical (unpaired) electrons. The van der Waals surface area contributed by atoms with Crippen molar-refractivity contribution in [2.75, 3.05) is 5.32 Å². The van der Waals surface area contributed by atoms with Gasteiger partial charge in [0.15, 0.2) is 0 Å². The van der Waals surface area contributed by atoms with Crippen molar-refractivity contribution < 1.29 is 4.39 Å². The van der Waals surface area contributed by atoms with Crippen LogP contribution in [-0.4, -0.2) is 9.55 Å². The second-order valence-electron chi connectivity index (χ2n) is 4.74. The number of rotatable bonds is 4. The lowest BCUT2D eigenvalue weighted by Gasteiger charge is -2.10. The van der Waals surface area contributed by atoms with Gasteiger partial charge in [-0.25, -0.2) is 9.37 Å². The number of aryl methyl sites for hydroxylation is 1. The van der Waals surface area contributed by atoms with Crippen LogP contribution in [0, 0.1) is 5.82 Å². The lowest BCUT2D eigenvalue weighted by atomic mass is 10.3. The molecule has 1 N–H and O–H groups in total. The highest BCUT2D eigenvalue weighted by Gasteiger charge is 2.09. The third-order valence-corrected chi connectivity index (χ3v) is 4.07. The van der Waals surface area contributed by atoms with Crippen molar-refractivity contribution in [2.45, 2.75) is 20.0 Å². The largest absolute Gasteiger partial charge is 0.377 e. The van der Waals surface area contributed by atoms with Gasteiger partial charge in [-0.05, 0) is 53.2 Å². The fraction of sp³-hybridized carbons (Fsp3) is 0.188. The number of nitrogens with zero attached hydrogens (tertiary/aromatic N) is 2. The Labute approximate surface area is 130 Å². The van der Waals surface area contributed by atoms with Gasteiger partial charge in [0.2, 0.25) is 0 Å². The van der Waals surface area contributed by atoms with Crippen molar-refractivity contribution >= 4 is 32.7 Å². The van der Waals surface area contributed by atoms with Crippen LogP contribution in [-0.2, 0) is 13.1 Å². The number of benzene rings is 2. The quantitative estimate of drug-likeness (QED) is 0.749. The molecule has 0 saturated heterocycles. The molecule has 0 unspecified atom stereocenters. The molecule has 3 aromatic rings. The molecule has 0 spiro atoms. The molecule has 1 aromatic heterocycles. The maximum atomic E-state index is 13.1. The zero-order valence-electron chi connectivity index (χ0n) is 11.6. The Morgan fingerprint density at radius 1 is 1.24 bits per heavy atom. The summed E-state index contributed by atoms with van der Waals surface area (Å²) in [5.41, 5.74) is 2.98. The highest BCUT2D eigenvalue weighted by atomic mass is 79.9. The molecule has 5 heteroatoms. The summed E-state index contributed by atoms with van der Waals surface area (Å²) in [5.74, 6) is 0.711. The monoisotopic (exact) mass is 347 g/mol. The zero-order chi connectivity index (χ0) is 14.8. The first-order valence-electron chi connectivity index (χ1n) is 6.82. The van der Waals surface area contributed by atoms with Crippen molar-refractivity contribution in [2.24, 2.45) is 0 Å². The lowest BCUT2D eigenvalue weighted by Crippen LogP contribution is -2.08. The van der Waals surface area contributed by atoms with Crippen LogP contribution in [0.25, 0.3) is 11.0 Å². The fourth-order valence-corrected chi connectivity index (χ4v) is 2.91. The fourth-order valence-electron chi connectivity index (χ4n) is 2.42. The molecule has 0 atom stereocenters. The Balaban J connectivity index is 1.88. The Kier molecular flexibility index (Phi) is 3.92. The molecule has 0 aliphatic carbocycles. The van der Waals surface area contributed by atoms with E-state index in [0.29, 0.717) is 11.0 Å². The predicted octanol–water partition coefficient (Wildman–Crippen LogP) is 4.57. The van der Waals surface area contributed by atoms with Crippen molar-refractivity contribution in [3.63, 3.8) is 0 Å². The molecule has 0 bridgehead atoms. The average molecular weight is 348 g/mol. The molecule has 0 aliphatic heterocycles. The summed E-state index contributed by atoms with van der Waals surface area (Å²) in [6.07, 6.45) is 0. The number of hydrogen-bond acceptors (Lipinski definition) is 2. The van der Waals surface area contributed by atoms with E-state index in [0.717, 1.165) is 29.1 Å². The topological polar surface area (TPSA) is 29.9 Å². The van der Waals surface area contributed by atoms with E-state index in [1.54, 1.807) is 6.07 Å². The van der Waals surface area contributed by atoms with Crippen LogP contribution in [0.1, 0.15) is 12.7 Å². The smallest absolute Gasteiger partial charge is 0.129 e. The number of halogens is 2. The van der Waals surface area contributed by atoms with E-state index in [-0.39, 0.29) is 5.82 Å². The molecule has 21 heavy (non-hydrogen) atoms. The van der Waals surface area contributed by atoms with Crippen LogP contribution in [0.5, 0.6) is 0 Å². The third kappa shape index (κ3) is 2.78. The van der Waals surface area contributed by atoms with Gasteiger partial charge in [-0.2, -0.15) is 0 Å². The van der Waals surface area contributed by atoms with E-state index in [2.05, 4.69) is 43.8 Å². The van der Waals surface area contributed by atoms with Crippen molar-refractivity contribution in [1.82, 2.24) is 9.55 Å². The summed E-state index contributed by atoms with van der Waals surface area (Å²) in [6, 6.07) is 12.7. The van der Waals surface area contributed by atoms with E-state index >= 15 is 0 Å². The highest BCUT2D eigenvalue weighted by Crippen LogP contribution is 2.24. The summed E-state index contributed by atoms with van der Waals surface area (Å²) in [5, 5.41) is 3.30. The highest BCUT2D eigenvalue weighted by molar-refractivity contribution is 9.10. The van der Waals surface area contributed by atoms with Crippen LogP contribution in [0.15, 0.2) is 46.9 Å². The summed E-state index contributed by atoms with van der Waals surface area (Å²) < 4.78 is 16.0. The third-order valence-electron chi connectivity index (χ3n) is 3.42. The summed E-state index contributed by atoms with van der Waals surface area (Å²) in [4.78, 5) is 4.66. The number of imidazole rings is 1. The van der Waals surface area contributed by atoms with Gasteiger partial charge in [0, 0.05) is 16.7 Å². The molecule has 1 heterocycles. The maximum Gasteiger partial charge on any atom is 0.129 e. The summed E-state index contributed by atoms with van der Waals surface area (Å²) in [6.45, 7) is 3.56. The molecular weight excluding hydrogens is 333 g/mol. The standard InChI is InChI=1S/C16H15BrFN3/c1-2-21-15-6-4-3-5-14(15)20-16(21)10-19-13-8-7-11(18)9-12(13)17/h3-9,19H,2,10H2,1H3. The molecule has 0 aliphatic rings. The molecule has 2 aromatic carbocycles. The number of para-hydroxylation sites is 2. The van der Waals surface area contributed by atoms with E-state index in [1.165, 1.54) is 12.1 Å². The van der Waals surface area contributed by atoms with Gasteiger partial charge in [0.05, 0.1) is 17.6 Å². The number of hydrogen-bond donors (Lipinski definition) is 1. The first-order chi connectivity index (χ1) is 10.2. The molecule has 0 fully saturated rings. The zero-order valence-corrected chi connectivity index (χ0v) is 13.2. The van der Waals surface area contributed by atoms with Gasteiger partial charge in [-0.15, -0.1) is 0 Å². The maximum absolute atomic E-state index is 13.1. The summed E-state index contributed by atoms with van der Waals surface area (Å²) >= 11 is 3.36. The average Bonchev–Trinajstić information content (AvgIpc) is 2.83. The van der Waals surface area contributed by atoms with Gasteiger partial charge >= 0.3 is 0 Å². The Morgan fingerprint density at radius 3 is 2.81 bits per heavy atom. The van der Waals surface area contributed by atoms with Crippen molar-refractivity contribution in [1.29, 1.82) is 0 Å². The Morgan fingerprint density at radius 2 is 2.05 bits per heavy atom. The molecular formula is C16H15BrFN3. The second kappa shape index (κ2) is 5.85. The molecule has 3 nitrogen and oxygen atoms in total. The van der Waals surface area contributed by atoms with E-state index < -0.39 is 0 Å². The minimum absolute atomic E-state index is 0.256. The normalized spacial score (nSPS) is 11.0. The first kappa shape index (κ1) is 14.1. The van der Waals surface area contributed by atoms with Crippen LogP contribution in [0.2, 0.25) is 0 Å². The summed E-state index contributed by atoms with van der Waals surface area (Å²) in [7, 11) is 0. The number of fused-ring (bicyclic) bond motifs is 1. The Hall–Kier alpha value is -1.88. The van der Waals surface area contributed by atoms with Gasteiger partial charge in [0.25, 0.3) is 0 Å². The van der Waals surface area contributed by atoms with Crippen LogP contribution < -0.4 is 5.32 Å². The second-order valence-corrected chi connectivity index (χ2v) is 5.59. The van der Waals surface area contributed by atoms with Gasteiger partial charge in [0.1, 0.15) is 11.6 Å².